The van der Waals surface area contributed by atoms with E-state index in [-0.39, 0.29) is 30.3 Å². The van der Waals surface area contributed by atoms with Crippen LogP contribution in [0.25, 0.3) is 0 Å². The molecule has 0 radical (unpaired) electrons. The number of fused-ring (bicyclic) bond motifs is 3. The molecule has 1 amide bonds. The van der Waals surface area contributed by atoms with Crippen LogP contribution in [0, 0.1) is 11.8 Å². The van der Waals surface area contributed by atoms with Crippen molar-refractivity contribution < 1.29 is 22.7 Å². The number of hydrogen-bond acceptors (Lipinski definition) is 3. The van der Waals surface area contributed by atoms with Crippen molar-refractivity contribution in [2.45, 2.75) is 37.9 Å². The van der Waals surface area contributed by atoms with Crippen molar-refractivity contribution in [2.24, 2.45) is 16.8 Å². The van der Waals surface area contributed by atoms with E-state index < -0.39 is 18.4 Å². The summed E-state index contributed by atoms with van der Waals surface area (Å²) in [6.45, 7) is 2.27. The number of hydrogen-bond donors (Lipinski definition) is 0. The molecule has 3 rings (SSSR count). The lowest BCUT2D eigenvalue weighted by Gasteiger charge is -2.33. The zero-order chi connectivity index (χ0) is 14.5. The summed E-state index contributed by atoms with van der Waals surface area (Å²) in [7, 11) is 0. The number of aliphatic imine (C=N–C) groups is 1. The van der Waals surface area contributed by atoms with Gasteiger partial charge in [-0.05, 0) is 13.3 Å². The minimum Gasteiger partial charge on any atom is -0.329 e. The highest BCUT2D eigenvalue weighted by molar-refractivity contribution is 5.87. The maximum atomic E-state index is 12.5. The molecule has 0 aromatic rings. The van der Waals surface area contributed by atoms with Gasteiger partial charge in [-0.15, -0.1) is 13.2 Å². The van der Waals surface area contributed by atoms with Gasteiger partial charge in [0.25, 0.3) is 0 Å². The first kappa shape index (κ1) is 13.6. The molecule has 2 aliphatic heterocycles. The van der Waals surface area contributed by atoms with Gasteiger partial charge in [-0.2, -0.15) is 0 Å². The van der Waals surface area contributed by atoms with Crippen LogP contribution in [0.1, 0.15) is 13.3 Å². The van der Waals surface area contributed by atoms with Gasteiger partial charge in [-0.25, -0.2) is 0 Å². The lowest BCUT2D eigenvalue weighted by atomic mass is 9.80. The number of rotatable bonds is 1. The Morgan fingerprint density at radius 2 is 2.20 bits per heavy atom. The zero-order valence-corrected chi connectivity index (χ0v) is 10.9. The molecule has 3 aliphatic rings. The Kier molecular flexibility index (Phi) is 3.12. The van der Waals surface area contributed by atoms with Crippen LogP contribution in [0.15, 0.2) is 17.1 Å². The Morgan fingerprint density at radius 3 is 2.90 bits per heavy atom. The summed E-state index contributed by atoms with van der Waals surface area (Å²) in [6.07, 6.45) is -0.535. The summed E-state index contributed by atoms with van der Waals surface area (Å²) in [5, 5.41) is 0. The molecule has 1 aliphatic carbocycles. The summed E-state index contributed by atoms with van der Waals surface area (Å²) in [4.78, 5) is 18.3. The highest BCUT2D eigenvalue weighted by Crippen LogP contribution is 2.42. The van der Waals surface area contributed by atoms with Crippen molar-refractivity contribution in [3.05, 3.63) is 12.2 Å². The Hall–Kier alpha value is -1.37. The average molecular weight is 288 g/mol. The van der Waals surface area contributed by atoms with Gasteiger partial charge in [0.05, 0.1) is 30.7 Å². The number of alkyl halides is 3. The minimum absolute atomic E-state index is 0.113. The highest BCUT2D eigenvalue weighted by Gasteiger charge is 2.55. The maximum Gasteiger partial charge on any atom is 0.522 e. The van der Waals surface area contributed by atoms with Gasteiger partial charge in [0.1, 0.15) is 0 Å². The Balaban J connectivity index is 1.89. The van der Waals surface area contributed by atoms with Gasteiger partial charge in [-0.1, -0.05) is 12.2 Å². The van der Waals surface area contributed by atoms with Gasteiger partial charge < -0.3 is 4.90 Å². The van der Waals surface area contributed by atoms with Crippen molar-refractivity contribution in [3.63, 3.8) is 0 Å². The first-order valence-corrected chi connectivity index (χ1v) is 6.62. The van der Waals surface area contributed by atoms with Gasteiger partial charge >= 0.3 is 6.36 Å². The summed E-state index contributed by atoms with van der Waals surface area (Å²) in [6, 6.07) is -0.324. The van der Waals surface area contributed by atoms with Crippen LogP contribution < -0.4 is 0 Å². The quantitative estimate of drug-likeness (QED) is 0.690. The highest BCUT2D eigenvalue weighted by atomic mass is 19.4. The van der Waals surface area contributed by atoms with E-state index in [1.54, 1.807) is 17.2 Å². The zero-order valence-electron chi connectivity index (χ0n) is 10.9. The summed E-state index contributed by atoms with van der Waals surface area (Å²) in [5.74, 6) is -1.25. The van der Waals surface area contributed by atoms with E-state index in [1.165, 1.54) is 0 Å². The molecular weight excluding hydrogens is 273 g/mol. The molecule has 0 aromatic heterocycles. The average Bonchev–Trinajstić information content (AvgIpc) is 2.64. The van der Waals surface area contributed by atoms with E-state index in [9.17, 15) is 18.0 Å². The van der Waals surface area contributed by atoms with Crippen molar-refractivity contribution in [3.8, 4) is 0 Å². The molecule has 2 heterocycles. The monoisotopic (exact) mass is 288 g/mol. The van der Waals surface area contributed by atoms with Gasteiger partial charge in [-0.3, -0.25) is 14.5 Å². The first-order chi connectivity index (χ1) is 9.38. The fourth-order valence-corrected chi connectivity index (χ4v) is 3.49. The third-order valence-corrected chi connectivity index (χ3v) is 4.22. The van der Waals surface area contributed by atoms with Crippen LogP contribution in [-0.4, -0.2) is 48.1 Å². The maximum absolute atomic E-state index is 12.5. The summed E-state index contributed by atoms with van der Waals surface area (Å²) in [5.41, 5.74) is 0. The van der Waals surface area contributed by atoms with E-state index in [0.717, 1.165) is 0 Å². The number of amides is 1. The second kappa shape index (κ2) is 4.58. The van der Waals surface area contributed by atoms with Crippen LogP contribution in [0.3, 0.4) is 0 Å². The van der Waals surface area contributed by atoms with E-state index in [4.69, 9.17) is 0 Å². The fraction of sp³-hybridized carbons (Fsp3) is 0.692. The Bertz CT molecular complexity index is 475. The number of carbonyl (C=O) groups excluding carboxylic acids is 1. The lowest BCUT2D eigenvalue weighted by Crippen LogP contribution is -2.47. The second-order valence-electron chi connectivity index (χ2n) is 5.44. The predicted octanol–water partition coefficient (Wildman–Crippen LogP) is 1.77. The van der Waals surface area contributed by atoms with E-state index in [1.807, 2.05) is 13.0 Å². The molecule has 0 spiro atoms. The van der Waals surface area contributed by atoms with Crippen LogP contribution in [0.4, 0.5) is 13.2 Å². The topological polar surface area (TPSA) is 41.9 Å². The molecule has 1 fully saturated rings. The Labute approximate surface area is 114 Å². The number of carbonyl (C=O) groups is 1. The van der Waals surface area contributed by atoms with Gasteiger partial charge in [0.15, 0.2) is 0 Å². The molecule has 4 nitrogen and oxygen atoms in total. The van der Waals surface area contributed by atoms with E-state index in [2.05, 4.69) is 9.73 Å². The van der Waals surface area contributed by atoms with Crippen LogP contribution >= 0.6 is 0 Å². The molecule has 110 valence electrons. The first-order valence-electron chi connectivity index (χ1n) is 6.62. The number of halogens is 3. The van der Waals surface area contributed by atoms with Crippen molar-refractivity contribution in [1.29, 1.82) is 0 Å². The molecule has 0 N–H and O–H groups in total. The van der Waals surface area contributed by atoms with Crippen LogP contribution in [0.5, 0.6) is 0 Å². The van der Waals surface area contributed by atoms with Crippen molar-refractivity contribution in [2.75, 3.05) is 6.54 Å². The lowest BCUT2D eigenvalue weighted by molar-refractivity contribution is -0.347. The van der Waals surface area contributed by atoms with E-state index in [0.29, 0.717) is 6.54 Å². The molecule has 1 saturated heterocycles. The molecule has 5 unspecified atom stereocenters. The SMILES string of the molecule is CC1C=NCC2C3C=CCC(OC(F)(F)F)C3C(=O)N12. The van der Waals surface area contributed by atoms with Crippen LogP contribution in [0.2, 0.25) is 0 Å². The molecule has 20 heavy (non-hydrogen) atoms. The molecule has 0 saturated carbocycles. The van der Waals surface area contributed by atoms with E-state index >= 15 is 0 Å². The predicted molar refractivity (Wildman–Crippen MR) is 65.1 cm³/mol. The third-order valence-electron chi connectivity index (χ3n) is 4.22. The molecule has 0 bridgehead atoms. The number of ether oxygens (including phenoxy) is 1. The molecule has 7 heteroatoms. The second-order valence-corrected chi connectivity index (χ2v) is 5.44. The minimum atomic E-state index is -4.72. The molecular formula is C13H15F3N2O2. The Morgan fingerprint density at radius 1 is 1.45 bits per heavy atom. The fourth-order valence-electron chi connectivity index (χ4n) is 3.49. The smallest absolute Gasteiger partial charge is 0.329 e. The molecule has 0 aromatic carbocycles. The third kappa shape index (κ3) is 2.13. The molecule has 5 atom stereocenters. The van der Waals surface area contributed by atoms with Crippen molar-refractivity contribution >= 4 is 12.1 Å². The largest absolute Gasteiger partial charge is 0.522 e. The summed E-state index contributed by atoms with van der Waals surface area (Å²) < 4.78 is 41.6. The standard InChI is InChI=1S/C13H15F3N2O2/c1-7-5-17-6-9-8-3-2-4-10(20-13(14,15)16)11(8)12(19)18(7)9/h2-3,5,7-11H,4,6H2,1H3. The van der Waals surface area contributed by atoms with Crippen molar-refractivity contribution in [1.82, 2.24) is 4.90 Å². The number of nitrogens with zero attached hydrogens (tertiary/aromatic N) is 2. The van der Waals surface area contributed by atoms with Crippen LogP contribution in [-0.2, 0) is 9.53 Å². The van der Waals surface area contributed by atoms with Gasteiger partial charge in [0.2, 0.25) is 5.91 Å². The summed E-state index contributed by atoms with van der Waals surface area (Å²) >= 11 is 0. The normalized spacial score (nSPS) is 39.9. The van der Waals surface area contributed by atoms with Gasteiger partial charge in [0, 0.05) is 12.1 Å².